The van der Waals surface area contributed by atoms with E-state index in [9.17, 15) is 4.79 Å². The first-order valence-corrected chi connectivity index (χ1v) is 8.37. The van der Waals surface area contributed by atoms with Crippen LogP contribution >= 0.6 is 0 Å². The molecule has 3 rings (SSSR count). The minimum Gasteiger partial charge on any atom is -0.481 e. The zero-order valence-electron chi connectivity index (χ0n) is 13.6. The molecule has 0 bridgehead atoms. The lowest BCUT2D eigenvalue weighted by molar-refractivity contribution is -0.141. The number of nitriles is 1. The number of carbonyl (C=O) groups excluding carboxylic acids is 1. The van der Waals surface area contributed by atoms with Crippen LogP contribution < -0.4 is 4.74 Å². The number of nitrogens with zero attached hydrogens (tertiary/aromatic N) is 3. The molecule has 2 aliphatic rings. The first kappa shape index (κ1) is 15.8. The SMILES string of the molecule is C[C@H](Oc1ccc(C#N)cc1)C(=O)N1CCN2CCCC[C@@H]2C1. The van der Waals surface area contributed by atoms with Gasteiger partial charge in [0, 0.05) is 25.7 Å². The third-order valence-electron chi connectivity index (χ3n) is 4.79. The summed E-state index contributed by atoms with van der Waals surface area (Å²) in [5, 5.41) is 8.81. The van der Waals surface area contributed by atoms with Gasteiger partial charge < -0.3 is 9.64 Å². The van der Waals surface area contributed by atoms with Crippen LogP contribution in [0.3, 0.4) is 0 Å². The number of fused-ring (bicyclic) bond motifs is 1. The number of benzene rings is 1. The summed E-state index contributed by atoms with van der Waals surface area (Å²) < 4.78 is 5.75. The zero-order chi connectivity index (χ0) is 16.2. The van der Waals surface area contributed by atoms with Crippen LogP contribution in [0.5, 0.6) is 5.75 Å². The van der Waals surface area contributed by atoms with E-state index in [-0.39, 0.29) is 5.91 Å². The standard InChI is InChI=1S/C18H23N3O2/c1-14(23-17-7-5-15(12-19)6-8-17)18(22)21-11-10-20-9-3-2-4-16(20)13-21/h5-8,14,16H,2-4,9-11,13H2,1H3/t14-,16+/m0/s1. The van der Waals surface area contributed by atoms with Crippen LogP contribution in [-0.4, -0.2) is 54.0 Å². The van der Waals surface area contributed by atoms with Crippen molar-refractivity contribution in [2.75, 3.05) is 26.2 Å². The van der Waals surface area contributed by atoms with E-state index in [1.807, 2.05) is 4.90 Å². The fourth-order valence-corrected chi connectivity index (χ4v) is 3.48. The number of ether oxygens (including phenoxy) is 1. The van der Waals surface area contributed by atoms with Gasteiger partial charge in [-0.15, -0.1) is 0 Å². The molecular weight excluding hydrogens is 290 g/mol. The van der Waals surface area contributed by atoms with Crippen LogP contribution in [0.4, 0.5) is 0 Å². The molecule has 5 heteroatoms. The first-order valence-electron chi connectivity index (χ1n) is 8.37. The lowest BCUT2D eigenvalue weighted by Gasteiger charge is -2.44. The highest BCUT2D eigenvalue weighted by Crippen LogP contribution is 2.22. The average molecular weight is 313 g/mol. The molecule has 23 heavy (non-hydrogen) atoms. The van der Waals surface area contributed by atoms with E-state index < -0.39 is 6.10 Å². The normalized spacial score (nSPS) is 22.8. The third kappa shape index (κ3) is 3.65. The summed E-state index contributed by atoms with van der Waals surface area (Å²) in [4.78, 5) is 17.1. The molecule has 1 aromatic rings. The Morgan fingerprint density at radius 2 is 2.04 bits per heavy atom. The molecule has 122 valence electrons. The van der Waals surface area contributed by atoms with Crippen molar-refractivity contribution in [1.82, 2.24) is 9.80 Å². The molecule has 1 amide bonds. The molecule has 2 atom stereocenters. The predicted molar refractivity (Wildman–Crippen MR) is 87.0 cm³/mol. The van der Waals surface area contributed by atoms with Crippen molar-refractivity contribution in [3.8, 4) is 11.8 Å². The van der Waals surface area contributed by atoms with Crippen molar-refractivity contribution in [3.05, 3.63) is 29.8 Å². The number of piperazine rings is 1. The van der Waals surface area contributed by atoms with Gasteiger partial charge in [0.15, 0.2) is 6.10 Å². The van der Waals surface area contributed by atoms with Crippen LogP contribution in [0.25, 0.3) is 0 Å². The van der Waals surface area contributed by atoms with Gasteiger partial charge >= 0.3 is 0 Å². The lowest BCUT2D eigenvalue weighted by atomic mass is 9.99. The van der Waals surface area contributed by atoms with Crippen molar-refractivity contribution >= 4 is 5.91 Å². The maximum absolute atomic E-state index is 12.6. The lowest BCUT2D eigenvalue weighted by Crippen LogP contribution is -2.57. The average Bonchev–Trinajstić information content (AvgIpc) is 2.61. The number of amides is 1. The van der Waals surface area contributed by atoms with Gasteiger partial charge in [-0.2, -0.15) is 5.26 Å². The molecule has 2 heterocycles. The molecule has 1 aromatic carbocycles. The third-order valence-corrected chi connectivity index (χ3v) is 4.79. The van der Waals surface area contributed by atoms with Crippen molar-refractivity contribution in [3.63, 3.8) is 0 Å². The fourth-order valence-electron chi connectivity index (χ4n) is 3.48. The second-order valence-electron chi connectivity index (χ2n) is 6.37. The Bertz CT molecular complexity index is 593. The Morgan fingerprint density at radius 3 is 2.78 bits per heavy atom. The monoisotopic (exact) mass is 313 g/mol. The highest BCUT2D eigenvalue weighted by molar-refractivity contribution is 5.81. The van der Waals surface area contributed by atoms with E-state index in [0.29, 0.717) is 17.4 Å². The minimum absolute atomic E-state index is 0.0552. The number of carbonyl (C=O) groups is 1. The van der Waals surface area contributed by atoms with Crippen molar-refractivity contribution < 1.29 is 9.53 Å². The van der Waals surface area contributed by atoms with Crippen molar-refractivity contribution in [2.24, 2.45) is 0 Å². The molecule has 0 spiro atoms. The maximum atomic E-state index is 12.6. The van der Waals surface area contributed by atoms with Gasteiger partial charge in [0.25, 0.3) is 5.91 Å². The highest BCUT2D eigenvalue weighted by Gasteiger charge is 2.33. The van der Waals surface area contributed by atoms with Crippen LogP contribution in [-0.2, 0) is 4.79 Å². The zero-order valence-corrected chi connectivity index (χ0v) is 13.6. The Kier molecular flexibility index (Phi) is 4.82. The number of rotatable bonds is 3. The summed E-state index contributed by atoms with van der Waals surface area (Å²) in [6.07, 6.45) is 3.23. The highest BCUT2D eigenvalue weighted by atomic mass is 16.5. The van der Waals surface area contributed by atoms with Gasteiger partial charge in [0.05, 0.1) is 11.6 Å². The minimum atomic E-state index is -0.502. The van der Waals surface area contributed by atoms with Crippen LogP contribution in [0.15, 0.2) is 24.3 Å². The van der Waals surface area contributed by atoms with Gasteiger partial charge in [-0.05, 0) is 50.6 Å². The van der Waals surface area contributed by atoms with Gasteiger partial charge in [-0.3, -0.25) is 9.69 Å². The molecule has 2 fully saturated rings. The number of hydrogen-bond donors (Lipinski definition) is 0. The van der Waals surface area contributed by atoms with Gasteiger partial charge in [0.2, 0.25) is 0 Å². The van der Waals surface area contributed by atoms with Crippen LogP contribution in [0.1, 0.15) is 31.7 Å². The number of hydrogen-bond acceptors (Lipinski definition) is 4. The van der Waals surface area contributed by atoms with Crippen LogP contribution in [0.2, 0.25) is 0 Å². The molecule has 0 saturated carbocycles. The van der Waals surface area contributed by atoms with Gasteiger partial charge in [-0.25, -0.2) is 0 Å². The van der Waals surface area contributed by atoms with Crippen molar-refractivity contribution in [1.29, 1.82) is 5.26 Å². The molecule has 2 saturated heterocycles. The van der Waals surface area contributed by atoms with Crippen LogP contribution in [0, 0.1) is 11.3 Å². The summed E-state index contributed by atoms with van der Waals surface area (Å²) in [7, 11) is 0. The Labute approximate surface area is 137 Å². The smallest absolute Gasteiger partial charge is 0.263 e. The molecular formula is C18H23N3O2. The molecule has 0 aromatic heterocycles. The quantitative estimate of drug-likeness (QED) is 0.857. The second kappa shape index (κ2) is 7.01. The Morgan fingerprint density at radius 1 is 1.26 bits per heavy atom. The summed E-state index contributed by atoms with van der Waals surface area (Å²) in [6.45, 7) is 5.55. The molecule has 0 radical (unpaired) electrons. The molecule has 0 unspecified atom stereocenters. The van der Waals surface area contributed by atoms with E-state index >= 15 is 0 Å². The summed E-state index contributed by atoms with van der Waals surface area (Å²) in [6, 6.07) is 9.47. The molecule has 2 aliphatic heterocycles. The summed E-state index contributed by atoms with van der Waals surface area (Å²) in [5.41, 5.74) is 0.588. The fraction of sp³-hybridized carbons (Fsp3) is 0.556. The van der Waals surface area contributed by atoms with E-state index in [1.165, 1.54) is 25.8 Å². The first-order chi connectivity index (χ1) is 11.2. The van der Waals surface area contributed by atoms with Crippen molar-refractivity contribution in [2.45, 2.75) is 38.3 Å². The van der Waals surface area contributed by atoms with Gasteiger partial charge in [0.1, 0.15) is 5.75 Å². The molecule has 0 N–H and O–H groups in total. The van der Waals surface area contributed by atoms with E-state index in [2.05, 4.69) is 11.0 Å². The van der Waals surface area contributed by atoms with Gasteiger partial charge in [-0.1, -0.05) is 6.42 Å². The van der Waals surface area contributed by atoms with E-state index in [1.54, 1.807) is 31.2 Å². The predicted octanol–water partition coefficient (Wildman–Crippen LogP) is 2.02. The Hall–Kier alpha value is -2.06. The number of piperidine rings is 1. The Balaban J connectivity index is 1.57. The summed E-state index contributed by atoms with van der Waals surface area (Å²) in [5.74, 6) is 0.681. The maximum Gasteiger partial charge on any atom is 0.263 e. The van der Waals surface area contributed by atoms with E-state index in [4.69, 9.17) is 10.00 Å². The topological polar surface area (TPSA) is 56.6 Å². The largest absolute Gasteiger partial charge is 0.481 e. The molecule has 0 aliphatic carbocycles. The molecule has 5 nitrogen and oxygen atoms in total. The van der Waals surface area contributed by atoms with E-state index in [0.717, 1.165) is 19.6 Å². The second-order valence-corrected chi connectivity index (χ2v) is 6.37. The summed E-state index contributed by atoms with van der Waals surface area (Å²) >= 11 is 0.